The van der Waals surface area contributed by atoms with Crippen molar-refractivity contribution in [2.45, 2.75) is 32.9 Å². The maximum absolute atomic E-state index is 12.5. The van der Waals surface area contributed by atoms with Crippen LogP contribution in [0.25, 0.3) is 0 Å². The van der Waals surface area contributed by atoms with E-state index in [1.807, 2.05) is 24.9 Å². The topological polar surface area (TPSA) is 77.5 Å². The second kappa shape index (κ2) is 6.97. The summed E-state index contributed by atoms with van der Waals surface area (Å²) in [7, 11) is -3.47. The van der Waals surface area contributed by atoms with Crippen molar-refractivity contribution in [3.05, 3.63) is 35.2 Å². The maximum atomic E-state index is 12.5. The number of nitrogens with one attached hydrogen (secondary N) is 1. The molecule has 0 aromatic heterocycles. The third-order valence-electron chi connectivity index (χ3n) is 4.06. The average Bonchev–Trinajstić information content (AvgIpc) is 2.91. The summed E-state index contributed by atoms with van der Waals surface area (Å²) in [5, 5.41) is 1.04. The second-order valence-corrected chi connectivity index (χ2v) is 8.04. The molecule has 0 fully saturated rings. The van der Waals surface area contributed by atoms with E-state index in [1.54, 1.807) is 4.90 Å². The van der Waals surface area contributed by atoms with Crippen molar-refractivity contribution in [2.24, 2.45) is 4.99 Å². The molecule has 3 heterocycles. The lowest BCUT2D eigenvalue weighted by atomic mass is 10.0. The van der Waals surface area contributed by atoms with Gasteiger partial charge in [0.2, 0.25) is 10.0 Å². The van der Waals surface area contributed by atoms with Gasteiger partial charge >= 0.3 is 6.61 Å². The number of hydroxylamine groups is 2. The highest BCUT2D eigenvalue weighted by atomic mass is 32.2. The number of rotatable bonds is 6. The molecule has 3 aliphatic rings. The third-order valence-corrected chi connectivity index (χ3v) is 4.73. The monoisotopic (exact) mass is 389 g/mol. The third kappa shape index (κ3) is 3.74. The van der Waals surface area contributed by atoms with Crippen LogP contribution in [0.5, 0.6) is 0 Å². The number of hydrogen-bond acceptors (Lipinski definition) is 7. The summed E-state index contributed by atoms with van der Waals surface area (Å²) in [5.74, 6) is 0.660. The van der Waals surface area contributed by atoms with E-state index in [2.05, 4.69) is 14.6 Å². The fraction of sp³-hybridized carbons (Fsp3) is 0.533. The minimum atomic E-state index is -3.47. The molecule has 0 saturated carbocycles. The highest BCUT2D eigenvalue weighted by Crippen LogP contribution is 2.36. The van der Waals surface area contributed by atoms with Crippen LogP contribution in [-0.4, -0.2) is 61.6 Å². The summed E-state index contributed by atoms with van der Waals surface area (Å²) in [6, 6.07) is -0.615. The van der Waals surface area contributed by atoms with Gasteiger partial charge in [0.15, 0.2) is 0 Å². The van der Waals surface area contributed by atoms with Gasteiger partial charge in [0.1, 0.15) is 18.2 Å². The van der Waals surface area contributed by atoms with Gasteiger partial charge < -0.3 is 9.80 Å². The number of fused-ring (bicyclic) bond motifs is 2. The number of alkyl halides is 2. The summed E-state index contributed by atoms with van der Waals surface area (Å²) >= 11 is 0. The summed E-state index contributed by atoms with van der Waals surface area (Å²) in [6.07, 6.45) is 6.75. The van der Waals surface area contributed by atoms with Crippen LogP contribution in [0.2, 0.25) is 0 Å². The lowest BCUT2D eigenvalue weighted by molar-refractivity contribution is -0.263. The van der Waals surface area contributed by atoms with E-state index in [0.29, 0.717) is 23.8 Å². The molecule has 1 N–H and O–H groups in total. The predicted molar refractivity (Wildman–Crippen MR) is 91.8 cm³/mol. The summed E-state index contributed by atoms with van der Waals surface area (Å²) in [5.41, 5.74) is 1.92. The molecule has 11 heteroatoms. The lowest BCUT2D eigenvalue weighted by Gasteiger charge is -2.40. The van der Waals surface area contributed by atoms with Crippen LogP contribution in [0.4, 0.5) is 8.78 Å². The quantitative estimate of drug-likeness (QED) is 0.739. The van der Waals surface area contributed by atoms with Crippen molar-refractivity contribution >= 4 is 16.2 Å². The summed E-state index contributed by atoms with van der Waals surface area (Å²) in [4.78, 5) is 12.6. The van der Waals surface area contributed by atoms with E-state index >= 15 is 0 Å². The molecule has 0 radical (unpaired) electrons. The van der Waals surface area contributed by atoms with E-state index in [-0.39, 0.29) is 6.67 Å². The van der Waals surface area contributed by atoms with Crippen LogP contribution in [0.1, 0.15) is 20.3 Å². The first-order valence-electron chi connectivity index (χ1n) is 8.11. The zero-order valence-corrected chi connectivity index (χ0v) is 15.5. The van der Waals surface area contributed by atoms with E-state index in [4.69, 9.17) is 0 Å². The first-order valence-corrected chi connectivity index (χ1v) is 10.00. The van der Waals surface area contributed by atoms with Crippen molar-refractivity contribution in [1.82, 2.24) is 19.6 Å². The molecule has 1 unspecified atom stereocenters. The number of aliphatic imine (C=N–C) groups is 1. The Bertz CT molecular complexity index is 806. The summed E-state index contributed by atoms with van der Waals surface area (Å²) in [6.45, 7) is 1.65. The minimum Gasteiger partial charge on any atom is -0.333 e. The number of nitrogens with zero attached hydrogens (tertiary/aromatic N) is 4. The van der Waals surface area contributed by atoms with Crippen LogP contribution in [-0.2, 0) is 14.9 Å². The van der Waals surface area contributed by atoms with Crippen molar-refractivity contribution in [2.75, 3.05) is 19.5 Å². The van der Waals surface area contributed by atoms with E-state index in [0.717, 1.165) is 23.3 Å². The van der Waals surface area contributed by atoms with Gasteiger partial charge in [0.25, 0.3) is 0 Å². The fourth-order valence-electron chi connectivity index (χ4n) is 3.15. The minimum absolute atomic E-state index is 0.0588. The first-order chi connectivity index (χ1) is 12.2. The molecule has 0 aromatic carbocycles. The molecule has 3 aliphatic heterocycles. The normalized spacial score (nSPS) is 22.7. The van der Waals surface area contributed by atoms with Crippen LogP contribution < -0.4 is 4.72 Å². The van der Waals surface area contributed by atoms with Gasteiger partial charge in [-0.15, -0.1) is 0 Å². The molecular weight excluding hydrogens is 368 g/mol. The Kier molecular flexibility index (Phi) is 5.04. The fourth-order valence-corrected chi connectivity index (χ4v) is 3.87. The van der Waals surface area contributed by atoms with Crippen LogP contribution in [0, 0.1) is 0 Å². The first kappa shape index (κ1) is 18.8. The van der Waals surface area contributed by atoms with Crippen LogP contribution in [0.3, 0.4) is 0 Å². The molecule has 0 bridgehead atoms. The van der Waals surface area contributed by atoms with Gasteiger partial charge in [0.05, 0.1) is 30.4 Å². The van der Waals surface area contributed by atoms with Gasteiger partial charge in [-0.25, -0.2) is 23.0 Å². The smallest absolute Gasteiger partial charge is 0.333 e. The Morgan fingerprint density at radius 2 is 2.15 bits per heavy atom. The van der Waals surface area contributed by atoms with Gasteiger partial charge in [-0.05, 0) is 18.9 Å². The number of allylic oxidation sites excluding steroid dienone is 1. The molecule has 0 aliphatic carbocycles. The second-order valence-electron chi connectivity index (χ2n) is 6.26. The molecular formula is C15H21F2N5O3S. The Hall–Kier alpha value is -1.98. The molecule has 144 valence electrons. The predicted octanol–water partition coefficient (Wildman–Crippen LogP) is 1.36. The van der Waals surface area contributed by atoms with Crippen molar-refractivity contribution in [3.63, 3.8) is 0 Å². The SMILES string of the molecule is CCCN1C=C(C)C(NS(C)(=O)=O)C2=C1N1CN(OC(F)F)C=C1C=N2. The zero-order chi connectivity index (χ0) is 19.1. The molecule has 3 rings (SSSR count). The van der Waals surface area contributed by atoms with Gasteiger partial charge in [-0.1, -0.05) is 6.92 Å². The highest BCUT2D eigenvalue weighted by molar-refractivity contribution is 7.88. The van der Waals surface area contributed by atoms with E-state index < -0.39 is 22.7 Å². The average molecular weight is 389 g/mol. The number of hydrogen-bond donors (Lipinski definition) is 1. The largest absolute Gasteiger partial charge is 0.365 e. The van der Waals surface area contributed by atoms with Crippen molar-refractivity contribution < 1.29 is 22.0 Å². The number of sulfonamides is 1. The Balaban J connectivity index is 1.98. The van der Waals surface area contributed by atoms with Crippen LogP contribution in [0.15, 0.2) is 40.2 Å². The standard InChI is InChI=1S/C15H21F2N5O3S/c1-4-5-20-7-10(2)12(19-26(3,23)24)13-14(20)22-9-21(25-15(16)17)8-11(22)6-18-13/h6-8,12,15,19H,4-5,9H2,1-3H3. The van der Waals surface area contributed by atoms with E-state index in [1.165, 1.54) is 12.4 Å². The number of halogens is 2. The molecule has 0 amide bonds. The van der Waals surface area contributed by atoms with E-state index in [9.17, 15) is 17.2 Å². The Morgan fingerprint density at radius 1 is 1.42 bits per heavy atom. The molecule has 0 saturated heterocycles. The van der Waals surface area contributed by atoms with Crippen molar-refractivity contribution in [3.8, 4) is 0 Å². The van der Waals surface area contributed by atoms with Crippen LogP contribution >= 0.6 is 0 Å². The zero-order valence-electron chi connectivity index (χ0n) is 14.7. The summed E-state index contributed by atoms with van der Waals surface area (Å²) < 4.78 is 51.2. The van der Waals surface area contributed by atoms with Crippen molar-refractivity contribution in [1.29, 1.82) is 0 Å². The lowest BCUT2D eigenvalue weighted by Crippen LogP contribution is -2.46. The van der Waals surface area contributed by atoms with Gasteiger partial charge in [0, 0.05) is 12.7 Å². The maximum Gasteiger partial charge on any atom is 0.365 e. The molecule has 0 aromatic rings. The van der Waals surface area contributed by atoms with Gasteiger partial charge in [-0.3, -0.25) is 4.99 Å². The Morgan fingerprint density at radius 3 is 2.77 bits per heavy atom. The molecule has 1 atom stereocenters. The Labute approximate surface area is 151 Å². The molecule has 8 nitrogen and oxygen atoms in total. The molecule has 26 heavy (non-hydrogen) atoms. The van der Waals surface area contributed by atoms with Gasteiger partial charge in [-0.2, -0.15) is 8.78 Å². The highest BCUT2D eigenvalue weighted by Gasteiger charge is 2.38. The molecule has 0 spiro atoms.